The molecule has 1 aliphatic carbocycles. The Morgan fingerprint density at radius 3 is 2.47 bits per heavy atom. The van der Waals surface area contributed by atoms with Crippen molar-refractivity contribution in [2.75, 3.05) is 5.75 Å². The molecule has 2 rings (SSSR count). The molecule has 0 unspecified atom stereocenters. The number of nitrogens with zero attached hydrogens (tertiary/aromatic N) is 1. The number of aliphatic imine (C=N–C) groups is 1. The standard InChI is InChI=1S/C9H15N3O5S.Na/c10-8(11)12-5-3-9(15,7(13)14)4-1-2-18(16,17)6(4)5;/h4-6,15H,1-3H2,(H,13,14)(H4,10,11,12);/q;+1/p-1/t4-,5+,6+,9+;/m0./s1. The number of rotatable bonds is 2. The van der Waals surface area contributed by atoms with Crippen molar-refractivity contribution in [2.45, 2.75) is 29.7 Å². The van der Waals surface area contributed by atoms with Gasteiger partial charge < -0.3 is 26.5 Å². The van der Waals surface area contributed by atoms with E-state index in [1.165, 1.54) is 0 Å². The summed E-state index contributed by atoms with van der Waals surface area (Å²) >= 11 is 0. The van der Waals surface area contributed by atoms with E-state index < -0.39 is 38.6 Å². The third-order valence-electron chi connectivity index (χ3n) is 3.71. The molecule has 0 aromatic rings. The second kappa shape index (κ2) is 5.21. The number of hydrogen-bond acceptors (Lipinski definition) is 6. The quantitative estimate of drug-likeness (QED) is 0.259. The van der Waals surface area contributed by atoms with Crippen LogP contribution in [0.1, 0.15) is 12.8 Å². The maximum Gasteiger partial charge on any atom is 1.00 e. The van der Waals surface area contributed by atoms with E-state index >= 15 is 0 Å². The molecule has 0 spiro atoms. The molecule has 0 radical (unpaired) electrons. The number of sulfone groups is 1. The molecule has 1 heterocycles. The minimum Gasteiger partial charge on any atom is -0.547 e. The molecule has 2 aliphatic rings. The Morgan fingerprint density at radius 1 is 1.42 bits per heavy atom. The van der Waals surface area contributed by atoms with Gasteiger partial charge in [-0.3, -0.25) is 0 Å². The van der Waals surface area contributed by atoms with Gasteiger partial charge in [-0.1, -0.05) is 0 Å². The van der Waals surface area contributed by atoms with Crippen molar-refractivity contribution < 1.29 is 53.0 Å². The van der Waals surface area contributed by atoms with Gasteiger partial charge in [0.1, 0.15) is 5.60 Å². The number of guanidine groups is 1. The van der Waals surface area contributed by atoms with Crippen LogP contribution in [0.4, 0.5) is 0 Å². The molecule has 0 amide bonds. The number of nitrogens with two attached hydrogens (primary N) is 2. The molecule has 1 saturated heterocycles. The fraction of sp³-hybridized carbons (Fsp3) is 0.778. The Balaban J connectivity index is 0.00000180. The van der Waals surface area contributed by atoms with Crippen LogP contribution in [0.2, 0.25) is 0 Å². The molecule has 5 N–H and O–H groups in total. The number of fused-ring (bicyclic) bond motifs is 1. The Labute approximate surface area is 132 Å². The number of carbonyl (C=O) groups is 1. The molecule has 0 aromatic heterocycles. The number of aliphatic carboxylic acids is 1. The maximum atomic E-state index is 11.9. The minimum atomic E-state index is -3.49. The minimum absolute atomic E-state index is 0. The SMILES string of the molecule is NC(N)=N[C@@H]1C[C@](O)(C(=O)[O-])[C@H]2CCS(=O)(=O)[C@@H]12.[Na+]. The van der Waals surface area contributed by atoms with E-state index in [1.807, 2.05) is 0 Å². The van der Waals surface area contributed by atoms with Crippen molar-refractivity contribution in [1.29, 1.82) is 0 Å². The number of aliphatic hydroxyl groups is 1. The van der Waals surface area contributed by atoms with Crippen LogP contribution in [0.5, 0.6) is 0 Å². The van der Waals surface area contributed by atoms with E-state index in [1.54, 1.807) is 0 Å². The van der Waals surface area contributed by atoms with Crippen LogP contribution in [-0.4, -0.2) is 48.1 Å². The Hall–Kier alpha value is -0.350. The Bertz CT molecular complexity index is 518. The first-order valence-corrected chi connectivity index (χ1v) is 7.14. The molecule has 0 bridgehead atoms. The van der Waals surface area contributed by atoms with E-state index in [2.05, 4.69) is 4.99 Å². The zero-order valence-corrected chi connectivity index (χ0v) is 13.3. The monoisotopic (exact) mass is 299 g/mol. The summed E-state index contributed by atoms with van der Waals surface area (Å²) in [6, 6.07) is -0.935. The van der Waals surface area contributed by atoms with E-state index in [0.29, 0.717) is 0 Å². The fourth-order valence-electron chi connectivity index (χ4n) is 2.99. The summed E-state index contributed by atoms with van der Waals surface area (Å²) in [6.07, 6.45) is -0.268. The number of hydrogen-bond donors (Lipinski definition) is 3. The van der Waals surface area contributed by atoms with Gasteiger partial charge in [-0.15, -0.1) is 0 Å². The summed E-state index contributed by atoms with van der Waals surface area (Å²) in [4.78, 5) is 14.8. The number of carboxylic acid groups (broad SMARTS) is 1. The van der Waals surface area contributed by atoms with Gasteiger partial charge in [0.15, 0.2) is 15.8 Å². The molecule has 1 saturated carbocycles. The van der Waals surface area contributed by atoms with Crippen molar-refractivity contribution in [3.8, 4) is 0 Å². The molecule has 1 aliphatic heterocycles. The third kappa shape index (κ3) is 2.62. The number of carbonyl (C=O) groups excluding carboxylic acids is 1. The first-order valence-electron chi connectivity index (χ1n) is 5.42. The van der Waals surface area contributed by atoms with Crippen molar-refractivity contribution >= 4 is 21.8 Å². The molecule has 4 atom stereocenters. The molecule has 8 nitrogen and oxygen atoms in total. The second-order valence-electron chi connectivity index (χ2n) is 4.76. The summed E-state index contributed by atoms with van der Waals surface area (Å²) in [5, 5.41) is 20.1. The van der Waals surface area contributed by atoms with Crippen LogP contribution in [0.3, 0.4) is 0 Å². The normalized spacial score (nSPS) is 39.1. The largest absolute Gasteiger partial charge is 1.00 e. The van der Waals surface area contributed by atoms with Gasteiger partial charge in [0.25, 0.3) is 0 Å². The molecule has 0 aromatic carbocycles. The van der Waals surface area contributed by atoms with Crippen LogP contribution in [-0.2, 0) is 14.6 Å². The zero-order valence-electron chi connectivity index (χ0n) is 10.4. The van der Waals surface area contributed by atoms with Crippen LogP contribution >= 0.6 is 0 Å². The summed E-state index contributed by atoms with van der Waals surface area (Å²) < 4.78 is 23.7. The average molecular weight is 299 g/mol. The zero-order chi connectivity index (χ0) is 13.7. The van der Waals surface area contributed by atoms with Gasteiger partial charge in [0.05, 0.1) is 23.0 Å². The van der Waals surface area contributed by atoms with E-state index in [4.69, 9.17) is 11.5 Å². The average Bonchev–Trinajstić information content (AvgIpc) is 2.66. The first-order chi connectivity index (χ1) is 8.18. The van der Waals surface area contributed by atoms with Gasteiger partial charge in [-0.2, -0.15) is 0 Å². The summed E-state index contributed by atoms with van der Waals surface area (Å²) in [5.74, 6) is -3.10. The number of carboxylic acids is 1. The summed E-state index contributed by atoms with van der Waals surface area (Å²) in [6.45, 7) is 0. The predicted octanol–water partition coefficient (Wildman–Crippen LogP) is -6.68. The van der Waals surface area contributed by atoms with Crippen LogP contribution in [0.15, 0.2) is 4.99 Å². The van der Waals surface area contributed by atoms with Crippen molar-refractivity contribution in [3.63, 3.8) is 0 Å². The van der Waals surface area contributed by atoms with E-state index in [0.717, 1.165) is 0 Å². The van der Waals surface area contributed by atoms with Gasteiger partial charge in [-0.05, 0) is 6.42 Å². The molecule has 102 valence electrons. The molecule has 10 heteroatoms. The van der Waals surface area contributed by atoms with Crippen LogP contribution < -0.4 is 46.1 Å². The first kappa shape index (κ1) is 16.7. The maximum absolute atomic E-state index is 11.9. The molecular weight excluding hydrogens is 285 g/mol. The van der Waals surface area contributed by atoms with E-state index in [9.17, 15) is 23.4 Å². The van der Waals surface area contributed by atoms with Crippen LogP contribution in [0.25, 0.3) is 0 Å². The Morgan fingerprint density at radius 2 is 2.00 bits per heavy atom. The van der Waals surface area contributed by atoms with Crippen molar-refractivity contribution in [3.05, 3.63) is 0 Å². The second-order valence-corrected chi connectivity index (χ2v) is 7.04. The van der Waals surface area contributed by atoms with Gasteiger partial charge in [-0.25, -0.2) is 13.4 Å². The fourth-order valence-corrected chi connectivity index (χ4v) is 5.34. The van der Waals surface area contributed by atoms with Crippen molar-refractivity contribution in [1.82, 2.24) is 0 Å². The molecule has 19 heavy (non-hydrogen) atoms. The Kier molecular flexibility index (Phi) is 4.58. The van der Waals surface area contributed by atoms with Gasteiger partial charge in [0.2, 0.25) is 0 Å². The van der Waals surface area contributed by atoms with Gasteiger partial charge in [0, 0.05) is 12.3 Å². The predicted molar refractivity (Wildman–Crippen MR) is 59.9 cm³/mol. The summed E-state index contributed by atoms with van der Waals surface area (Å²) in [5.41, 5.74) is 8.21. The van der Waals surface area contributed by atoms with Crippen LogP contribution in [0, 0.1) is 5.92 Å². The van der Waals surface area contributed by atoms with Crippen molar-refractivity contribution in [2.24, 2.45) is 22.4 Å². The molecular formula is C9H14N3NaO5S. The van der Waals surface area contributed by atoms with E-state index in [-0.39, 0.29) is 54.1 Å². The topological polar surface area (TPSA) is 159 Å². The van der Waals surface area contributed by atoms with Gasteiger partial charge >= 0.3 is 29.6 Å². The summed E-state index contributed by atoms with van der Waals surface area (Å²) in [7, 11) is -3.49. The smallest absolute Gasteiger partial charge is 0.547 e. The third-order valence-corrected chi connectivity index (χ3v) is 5.98. The molecule has 2 fully saturated rings.